The number of nitrogens with one attached hydrogen (secondary N) is 3. The molecule has 0 radical (unpaired) electrons. The molecule has 0 bridgehead atoms. The van der Waals surface area contributed by atoms with Crippen molar-refractivity contribution in [3.8, 4) is 5.88 Å². The number of carbonyl (C=O) groups is 2. The van der Waals surface area contributed by atoms with Gasteiger partial charge in [0.15, 0.2) is 11.9 Å². The highest BCUT2D eigenvalue weighted by Gasteiger charge is 2.43. The van der Waals surface area contributed by atoms with E-state index in [1.165, 1.54) is 19.4 Å². The number of aryl methyl sites for hydroxylation is 1. The van der Waals surface area contributed by atoms with Crippen molar-refractivity contribution in [3.63, 3.8) is 0 Å². The van der Waals surface area contributed by atoms with Crippen molar-refractivity contribution >= 4 is 41.8 Å². The van der Waals surface area contributed by atoms with Crippen molar-refractivity contribution in [2.24, 2.45) is 5.10 Å². The topological polar surface area (TPSA) is 147 Å². The second kappa shape index (κ2) is 10.4. The van der Waals surface area contributed by atoms with Crippen LogP contribution in [-0.2, 0) is 10.2 Å². The highest BCUT2D eigenvalue weighted by molar-refractivity contribution is 6.14. The van der Waals surface area contributed by atoms with Crippen molar-refractivity contribution < 1.29 is 14.3 Å². The van der Waals surface area contributed by atoms with Gasteiger partial charge in [-0.25, -0.2) is 9.50 Å². The number of hydrazone groups is 1. The standard InChI is InChI=1S/C22H24N8O3.C2H6/c1-12-7-17-24-10-15-14(9-22(2,3)19(15)30(17)29-12)20(32)26-16-8-13(11-31)18(21(27-16)33-4)28-25-6-5-23;1-2/h5-8,10-11,14,23,28H,9H2,1-4H3,(H,26,27,32);1-2H3/b23-5?,25-6-;. The molecule has 3 heterocycles. The van der Waals surface area contributed by atoms with Crippen molar-refractivity contribution in [2.45, 2.75) is 52.4 Å². The average molecular weight is 479 g/mol. The lowest BCUT2D eigenvalue weighted by atomic mass is 9.88. The molecule has 0 saturated heterocycles. The third-order valence-electron chi connectivity index (χ3n) is 5.60. The Labute approximate surface area is 203 Å². The maximum atomic E-state index is 13.3. The van der Waals surface area contributed by atoms with Crippen LogP contribution in [0, 0.1) is 12.3 Å². The van der Waals surface area contributed by atoms with Crippen molar-refractivity contribution in [1.29, 1.82) is 5.41 Å². The van der Waals surface area contributed by atoms with E-state index >= 15 is 0 Å². The number of amides is 1. The van der Waals surface area contributed by atoms with Crippen LogP contribution in [0.15, 0.2) is 23.4 Å². The molecule has 11 heteroatoms. The minimum Gasteiger partial charge on any atom is -0.479 e. The number of nitrogens with zero attached hydrogens (tertiary/aromatic N) is 5. The van der Waals surface area contributed by atoms with E-state index in [0.29, 0.717) is 12.7 Å². The molecule has 3 aromatic rings. The fraction of sp³-hybridized carbons (Fsp3) is 0.375. The van der Waals surface area contributed by atoms with E-state index in [-0.39, 0.29) is 34.3 Å². The average Bonchev–Trinajstić information content (AvgIpc) is 3.36. The molecule has 35 heavy (non-hydrogen) atoms. The van der Waals surface area contributed by atoms with Gasteiger partial charge in [-0.2, -0.15) is 15.2 Å². The van der Waals surface area contributed by atoms with Crippen LogP contribution < -0.4 is 15.5 Å². The predicted octanol–water partition coefficient (Wildman–Crippen LogP) is 3.73. The normalized spacial score (nSPS) is 15.8. The molecule has 1 unspecified atom stereocenters. The van der Waals surface area contributed by atoms with E-state index in [1.807, 2.05) is 31.4 Å². The minimum absolute atomic E-state index is 0.0829. The van der Waals surface area contributed by atoms with Crippen molar-refractivity contribution in [2.75, 3.05) is 17.9 Å². The molecular weight excluding hydrogens is 448 g/mol. The Hall–Kier alpha value is -4.15. The SMILES string of the molecule is CC.COc1nc(NC(=O)C2CC(C)(C)c3c2cnc2cc(C)nn32)cc(C=O)c1N/N=C\C=N. The number of aromatic nitrogens is 4. The first-order valence-corrected chi connectivity index (χ1v) is 11.3. The number of fused-ring (bicyclic) bond motifs is 3. The highest BCUT2D eigenvalue weighted by atomic mass is 16.5. The summed E-state index contributed by atoms with van der Waals surface area (Å²) in [5.41, 5.74) is 6.15. The maximum Gasteiger partial charge on any atom is 0.241 e. The maximum absolute atomic E-state index is 13.3. The lowest BCUT2D eigenvalue weighted by molar-refractivity contribution is -0.117. The number of hydrogen-bond acceptors (Lipinski definition) is 9. The summed E-state index contributed by atoms with van der Waals surface area (Å²) in [6, 6.07) is 3.34. The largest absolute Gasteiger partial charge is 0.479 e. The predicted molar refractivity (Wildman–Crippen MR) is 135 cm³/mol. The molecule has 11 nitrogen and oxygen atoms in total. The Bertz CT molecular complexity index is 1300. The van der Waals surface area contributed by atoms with Gasteiger partial charge < -0.3 is 15.5 Å². The summed E-state index contributed by atoms with van der Waals surface area (Å²) >= 11 is 0. The molecular formula is C24H30N8O3. The Balaban J connectivity index is 0.00000167. The van der Waals surface area contributed by atoms with Gasteiger partial charge in [-0.3, -0.25) is 15.0 Å². The third-order valence-corrected chi connectivity index (χ3v) is 5.60. The number of methoxy groups -OCH3 is 1. The van der Waals surface area contributed by atoms with E-state index < -0.39 is 5.92 Å². The Kier molecular flexibility index (Phi) is 7.58. The van der Waals surface area contributed by atoms with Crippen LogP contribution in [0.5, 0.6) is 5.88 Å². The first kappa shape index (κ1) is 25.5. The minimum atomic E-state index is -0.459. The van der Waals surface area contributed by atoms with E-state index in [9.17, 15) is 9.59 Å². The quantitative estimate of drug-likeness (QED) is 0.266. The van der Waals surface area contributed by atoms with Crippen LogP contribution in [0.1, 0.15) is 67.3 Å². The van der Waals surface area contributed by atoms with Crippen molar-refractivity contribution in [3.05, 3.63) is 40.8 Å². The summed E-state index contributed by atoms with van der Waals surface area (Å²) in [7, 11) is 1.40. The fourth-order valence-electron chi connectivity index (χ4n) is 4.25. The highest BCUT2D eigenvalue weighted by Crippen LogP contribution is 2.46. The second-order valence-corrected chi connectivity index (χ2v) is 8.40. The Morgan fingerprint density at radius 1 is 1.34 bits per heavy atom. The first-order valence-electron chi connectivity index (χ1n) is 11.3. The zero-order valence-corrected chi connectivity index (χ0v) is 20.7. The summed E-state index contributed by atoms with van der Waals surface area (Å²) in [6.45, 7) is 10.1. The molecule has 3 aromatic heterocycles. The summed E-state index contributed by atoms with van der Waals surface area (Å²) in [6.07, 6.45) is 5.11. The molecule has 0 saturated carbocycles. The molecule has 0 aliphatic heterocycles. The molecule has 0 aromatic carbocycles. The molecule has 1 atom stereocenters. The summed E-state index contributed by atoms with van der Waals surface area (Å²) in [4.78, 5) is 33.7. The monoisotopic (exact) mass is 478 g/mol. The van der Waals surface area contributed by atoms with E-state index in [0.717, 1.165) is 28.8 Å². The summed E-state index contributed by atoms with van der Waals surface area (Å²) in [5.74, 6) is -0.463. The van der Waals surface area contributed by atoms with E-state index in [1.54, 1.807) is 6.20 Å². The van der Waals surface area contributed by atoms with Crippen molar-refractivity contribution in [1.82, 2.24) is 19.6 Å². The second-order valence-electron chi connectivity index (χ2n) is 8.40. The fourth-order valence-corrected chi connectivity index (χ4v) is 4.25. The molecule has 184 valence electrons. The lowest BCUT2D eigenvalue weighted by Crippen LogP contribution is -2.22. The number of rotatable bonds is 7. The third kappa shape index (κ3) is 4.88. The number of pyridine rings is 1. The van der Waals surface area contributed by atoms with Crippen LogP contribution in [0.3, 0.4) is 0 Å². The van der Waals surface area contributed by atoms with Crippen LogP contribution in [0.4, 0.5) is 11.5 Å². The number of anilines is 2. The van der Waals surface area contributed by atoms with Gasteiger partial charge in [-0.15, -0.1) is 0 Å². The zero-order chi connectivity index (χ0) is 25.8. The van der Waals surface area contributed by atoms with Gasteiger partial charge in [0.25, 0.3) is 0 Å². The lowest BCUT2D eigenvalue weighted by Gasteiger charge is -2.19. The molecule has 3 N–H and O–H groups in total. The number of ether oxygens (including phenoxy) is 1. The Morgan fingerprint density at radius 2 is 2.09 bits per heavy atom. The Morgan fingerprint density at radius 3 is 2.74 bits per heavy atom. The molecule has 1 aliphatic rings. The van der Waals surface area contributed by atoms with Gasteiger partial charge in [-0.05, 0) is 19.4 Å². The number of hydrogen-bond donors (Lipinski definition) is 3. The molecule has 4 rings (SSSR count). The van der Waals surface area contributed by atoms with Crippen LogP contribution >= 0.6 is 0 Å². The molecule has 0 spiro atoms. The van der Waals surface area contributed by atoms with Crippen LogP contribution in [0.2, 0.25) is 0 Å². The van der Waals surface area contributed by atoms with E-state index in [2.05, 4.69) is 44.8 Å². The van der Waals surface area contributed by atoms with Gasteiger partial charge in [-0.1, -0.05) is 27.7 Å². The zero-order valence-electron chi connectivity index (χ0n) is 20.7. The van der Waals surface area contributed by atoms with Gasteiger partial charge in [0.05, 0.1) is 30.6 Å². The van der Waals surface area contributed by atoms with Gasteiger partial charge >= 0.3 is 0 Å². The van der Waals surface area contributed by atoms with Gasteiger partial charge in [0.1, 0.15) is 11.5 Å². The molecule has 1 aliphatic carbocycles. The summed E-state index contributed by atoms with van der Waals surface area (Å²) in [5, 5.41) is 18.2. The van der Waals surface area contributed by atoms with Crippen LogP contribution in [0.25, 0.3) is 5.65 Å². The molecule has 0 fully saturated rings. The smallest absolute Gasteiger partial charge is 0.241 e. The number of carbonyl (C=O) groups excluding carboxylic acids is 2. The summed E-state index contributed by atoms with van der Waals surface area (Å²) < 4.78 is 7.09. The van der Waals surface area contributed by atoms with E-state index in [4.69, 9.17) is 10.1 Å². The van der Waals surface area contributed by atoms with Crippen LogP contribution in [-0.4, -0.2) is 51.3 Å². The van der Waals surface area contributed by atoms with Gasteiger partial charge in [0.2, 0.25) is 11.8 Å². The first-order chi connectivity index (χ1) is 16.8. The molecule has 1 amide bonds. The number of aldehydes is 1. The van der Waals surface area contributed by atoms with Gasteiger partial charge in [0, 0.05) is 35.0 Å².